The molecule has 0 saturated carbocycles. The zero-order chi connectivity index (χ0) is 24.0. The highest BCUT2D eigenvalue weighted by molar-refractivity contribution is 7.89. The van der Waals surface area contributed by atoms with Crippen LogP contribution in [0.25, 0.3) is 10.8 Å². The van der Waals surface area contributed by atoms with E-state index in [-0.39, 0.29) is 35.7 Å². The molecule has 3 aromatic rings. The molecular weight excluding hydrogens is 457 g/mol. The number of amides is 2. The summed E-state index contributed by atoms with van der Waals surface area (Å²) in [4.78, 5) is 27.5. The Morgan fingerprint density at radius 3 is 2.44 bits per heavy atom. The molecule has 2 heterocycles. The molecule has 1 N–H and O–H groups in total. The molecule has 2 amide bonds. The third-order valence-corrected chi connectivity index (χ3v) is 8.55. The van der Waals surface area contributed by atoms with Gasteiger partial charge >= 0.3 is 0 Å². The fourth-order valence-corrected chi connectivity index (χ4v) is 6.29. The summed E-state index contributed by atoms with van der Waals surface area (Å²) in [6, 6.07) is 13.9. The van der Waals surface area contributed by atoms with Gasteiger partial charge in [0.25, 0.3) is 5.91 Å². The molecule has 0 atom stereocenters. The Hall–Kier alpha value is -3.30. The molecule has 1 saturated heterocycles. The number of nitrogens with one attached hydrogen (secondary N) is 1. The maximum absolute atomic E-state index is 13.2. The van der Waals surface area contributed by atoms with Gasteiger partial charge in [-0.25, -0.2) is 12.8 Å². The molecule has 34 heavy (non-hydrogen) atoms. The molecule has 0 aliphatic carbocycles. The van der Waals surface area contributed by atoms with Crippen molar-refractivity contribution in [2.24, 2.45) is 5.92 Å². The summed E-state index contributed by atoms with van der Waals surface area (Å²) in [6.07, 6.45) is 0.769. The first kappa shape index (κ1) is 22.5. The number of hydrogen-bond donors (Lipinski definition) is 1. The number of carbonyl (C=O) groups is 2. The van der Waals surface area contributed by atoms with E-state index in [4.69, 9.17) is 0 Å². The number of sulfonamides is 1. The number of nitrogens with zero attached hydrogens (tertiary/aromatic N) is 2. The Balaban J connectivity index is 1.31. The lowest BCUT2D eigenvalue weighted by Gasteiger charge is -2.30. The molecule has 5 rings (SSSR count). The van der Waals surface area contributed by atoms with Crippen molar-refractivity contribution in [3.05, 3.63) is 66.0 Å². The van der Waals surface area contributed by atoms with E-state index in [0.29, 0.717) is 30.6 Å². The van der Waals surface area contributed by atoms with Crippen molar-refractivity contribution >= 4 is 44.0 Å². The minimum atomic E-state index is -3.73. The van der Waals surface area contributed by atoms with Gasteiger partial charge in [0.05, 0.1) is 10.6 Å². The van der Waals surface area contributed by atoms with Gasteiger partial charge in [-0.15, -0.1) is 0 Å². The summed E-state index contributed by atoms with van der Waals surface area (Å²) in [6.45, 7) is 2.91. The SMILES string of the molecule is CCN1C(=O)c2cccc3c(NC(=O)C4CCN(S(=O)(=O)c5ccc(F)cc5)CC4)ccc1c23. The first-order chi connectivity index (χ1) is 16.3. The Labute approximate surface area is 197 Å². The molecule has 1 fully saturated rings. The summed E-state index contributed by atoms with van der Waals surface area (Å²) in [5.41, 5.74) is 2.11. The lowest BCUT2D eigenvalue weighted by atomic mass is 9.96. The first-order valence-corrected chi connectivity index (χ1v) is 12.7. The number of rotatable bonds is 5. The Morgan fingerprint density at radius 1 is 1.06 bits per heavy atom. The van der Waals surface area contributed by atoms with Crippen molar-refractivity contribution in [2.45, 2.75) is 24.7 Å². The first-order valence-electron chi connectivity index (χ1n) is 11.3. The van der Waals surface area contributed by atoms with Crippen LogP contribution in [0.3, 0.4) is 0 Å². The summed E-state index contributed by atoms with van der Waals surface area (Å²) in [7, 11) is -3.73. The molecule has 0 aromatic heterocycles. The highest BCUT2D eigenvalue weighted by Crippen LogP contribution is 2.40. The van der Waals surface area contributed by atoms with E-state index in [2.05, 4.69) is 5.32 Å². The fourth-order valence-electron chi connectivity index (χ4n) is 4.82. The smallest absolute Gasteiger partial charge is 0.258 e. The van der Waals surface area contributed by atoms with Gasteiger partial charge in [0.15, 0.2) is 0 Å². The average Bonchev–Trinajstić information content (AvgIpc) is 3.13. The van der Waals surface area contributed by atoms with E-state index < -0.39 is 15.8 Å². The molecule has 176 valence electrons. The van der Waals surface area contributed by atoms with E-state index in [1.165, 1.54) is 16.4 Å². The van der Waals surface area contributed by atoms with Gasteiger partial charge in [0, 0.05) is 47.6 Å². The molecule has 0 unspecified atom stereocenters. The summed E-state index contributed by atoms with van der Waals surface area (Å²) < 4.78 is 40.2. The molecule has 0 bridgehead atoms. The van der Waals surface area contributed by atoms with Crippen LogP contribution in [-0.2, 0) is 14.8 Å². The van der Waals surface area contributed by atoms with Crippen molar-refractivity contribution in [1.29, 1.82) is 0 Å². The summed E-state index contributed by atoms with van der Waals surface area (Å²) >= 11 is 0. The van der Waals surface area contributed by atoms with Gasteiger partial charge in [-0.3, -0.25) is 9.59 Å². The minimum absolute atomic E-state index is 0.0405. The van der Waals surface area contributed by atoms with Crippen LogP contribution in [0.1, 0.15) is 30.1 Å². The maximum atomic E-state index is 13.2. The summed E-state index contributed by atoms with van der Waals surface area (Å²) in [5, 5.41) is 4.65. The second kappa shape index (κ2) is 8.48. The largest absolute Gasteiger partial charge is 0.325 e. The highest BCUT2D eigenvalue weighted by atomic mass is 32.2. The normalized spacial score (nSPS) is 16.9. The van der Waals surface area contributed by atoms with E-state index in [1.54, 1.807) is 11.0 Å². The maximum Gasteiger partial charge on any atom is 0.258 e. The van der Waals surface area contributed by atoms with Crippen LogP contribution in [0.15, 0.2) is 59.5 Å². The highest BCUT2D eigenvalue weighted by Gasteiger charge is 2.33. The molecule has 0 radical (unpaired) electrons. The molecule has 9 heteroatoms. The van der Waals surface area contributed by atoms with E-state index >= 15 is 0 Å². The van der Waals surface area contributed by atoms with Crippen molar-refractivity contribution in [1.82, 2.24) is 4.31 Å². The number of carbonyl (C=O) groups excluding carboxylic acids is 2. The van der Waals surface area contributed by atoms with Crippen LogP contribution in [0.2, 0.25) is 0 Å². The Morgan fingerprint density at radius 2 is 1.76 bits per heavy atom. The fraction of sp³-hybridized carbons (Fsp3) is 0.280. The molecule has 3 aromatic carbocycles. The van der Waals surface area contributed by atoms with E-state index in [0.717, 1.165) is 28.6 Å². The second-order valence-corrected chi connectivity index (χ2v) is 10.5. The monoisotopic (exact) mass is 481 g/mol. The van der Waals surface area contributed by atoms with Gasteiger partial charge in [0.1, 0.15) is 5.82 Å². The predicted molar refractivity (Wildman–Crippen MR) is 128 cm³/mol. The van der Waals surface area contributed by atoms with Crippen LogP contribution >= 0.6 is 0 Å². The van der Waals surface area contributed by atoms with E-state index in [1.807, 2.05) is 31.2 Å². The zero-order valence-corrected chi connectivity index (χ0v) is 19.4. The lowest BCUT2D eigenvalue weighted by molar-refractivity contribution is -0.120. The van der Waals surface area contributed by atoms with Crippen molar-refractivity contribution < 1.29 is 22.4 Å². The second-order valence-electron chi connectivity index (χ2n) is 8.53. The van der Waals surface area contributed by atoms with Crippen LogP contribution in [0.4, 0.5) is 15.8 Å². The van der Waals surface area contributed by atoms with Gasteiger partial charge in [-0.2, -0.15) is 4.31 Å². The molecule has 0 spiro atoms. The molecule has 2 aliphatic heterocycles. The van der Waals surface area contributed by atoms with Crippen molar-refractivity contribution in [3.8, 4) is 0 Å². The third kappa shape index (κ3) is 3.65. The molecule has 2 aliphatic rings. The lowest BCUT2D eigenvalue weighted by Crippen LogP contribution is -2.41. The van der Waals surface area contributed by atoms with E-state index in [9.17, 15) is 22.4 Å². The Bertz CT molecular complexity index is 1400. The van der Waals surface area contributed by atoms with Crippen LogP contribution < -0.4 is 10.2 Å². The van der Waals surface area contributed by atoms with Gasteiger partial charge in [0.2, 0.25) is 15.9 Å². The quantitative estimate of drug-likeness (QED) is 0.597. The number of piperidine rings is 1. The molecular formula is C25H24FN3O4S. The van der Waals surface area contributed by atoms with Crippen LogP contribution in [-0.4, -0.2) is 44.2 Å². The third-order valence-electron chi connectivity index (χ3n) is 6.64. The predicted octanol–water partition coefficient (Wildman–Crippen LogP) is 4.00. The van der Waals surface area contributed by atoms with Gasteiger partial charge < -0.3 is 10.2 Å². The standard InChI is InChI=1S/C25H24FN3O4S/c1-2-29-22-11-10-21(19-4-3-5-20(23(19)22)25(29)31)27-24(30)16-12-14-28(15-13-16)34(32,33)18-8-6-17(26)7-9-18/h3-11,16H,2,12-15H2,1H3,(H,27,30). The van der Waals surface area contributed by atoms with Crippen LogP contribution in [0.5, 0.6) is 0 Å². The zero-order valence-electron chi connectivity index (χ0n) is 18.6. The van der Waals surface area contributed by atoms with Crippen LogP contribution in [0, 0.1) is 11.7 Å². The molecule has 7 nitrogen and oxygen atoms in total. The average molecular weight is 482 g/mol. The Kier molecular flexibility index (Phi) is 5.61. The number of benzene rings is 3. The number of hydrogen-bond acceptors (Lipinski definition) is 4. The topological polar surface area (TPSA) is 86.8 Å². The van der Waals surface area contributed by atoms with Crippen molar-refractivity contribution in [3.63, 3.8) is 0 Å². The van der Waals surface area contributed by atoms with Gasteiger partial charge in [-0.05, 0) is 62.2 Å². The minimum Gasteiger partial charge on any atom is -0.325 e. The number of anilines is 2. The van der Waals surface area contributed by atoms with Gasteiger partial charge in [-0.1, -0.05) is 12.1 Å². The van der Waals surface area contributed by atoms with Crippen molar-refractivity contribution in [2.75, 3.05) is 29.9 Å². The summed E-state index contributed by atoms with van der Waals surface area (Å²) in [5.74, 6) is -1.04. The number of halogens is 1.